The van der Waals surface area contributed by atoms with Crippen LogP contribution in [-0.4, -0.2) is 6.61 Å². The first-order valence-corrected chi connectivity index (χ1v) is 5.51. The Balaban J connectivity index is 2.77. The van der Waals surface area contributed by atoms with Gasteiger partial charge < -0.3 is 10.5 Å². The van der Waals surface area contributed by atoms with Crippen molar-refractivity contribution in [3.63, 3.8) is 0 Å². The van der Waals surface area contributed by atoms with Crippen molar-refractivity contribution < 1.29 is 4.74 Å². The molecule has 0 spiro atoms. The summed E-state index contributed by atoms with van der Waals surface area (Å²) in [5.74, 6) is 0.996. The second kappa shape index (κ2) is 3.24. The van der Waals surface area contributed by atoms with E-state index in [4.69, 9.17) is 10.5 Å². The monoisotopic (exact) mass is 255 g/mol. The van der Waals surface area contributed by atoms with Gasteiger partial charge in [-0.25, -0.2) is 0 Å². The molecular weight excluding hydrogens is 242 g/mol. The smallest absolute Gasteiger partial charge is 0.127 e. The fourth-order valence-electron chi connectivity index (χ4n) is 2.00. The van der Waals surface area contributed by atoms with E-state index < -0.39 is 0 Å². The van der Waals surface area contributed by atoms with Crippen molar-refractivity contribution in [2.45, 2.75) is 26.8 Å². The molecule has 1 heterocycles. The lowest BCUT2D eigenvalue weighted by Crippen LogP contribution is -2.12. The van der Waals surface area contributed by atoms with Crippen molar-refractivity contribution in [3.8, 4) is 5.75 Å². The molecule has 1 aromatic rings. The molecule has 0 aliphatic carbocycles. The zero-order valence-corrected chi connectivity index (χ0v) is 10.2. The Bertz CT molecular complexity index is 401. The lowest BCUT2D eigenvalue weighted by molar-refractivity contribution is 0.331. The summed E-state index contributed by atoms with van der Waals surface area (Å²) in [6.45, 7) is 6.87. The number of nitrogens with two attached hydrogens (primary N) is 1. The Morgan fingerprint density at radius 1 is 1.21 bits per heavy atom. The molecule has 1 aliphatic rings. The van der Waals surface area contributed by atoms with Crippen LogP contribution in [0.25, 0.3) is 0 Å². The minimum absolute atomic E-state index is 0.0283. The number of fused-ring (bicyclic) bond motifs is 1. The third kappa shape index (κ3) is 1.19. The number of rotatable bonds is 0. The first-order valence-electron chi connectivity index (χ1n) is 4.71. The van der Waals surface area contributed by atoms with Crippen molar-refractivity contribution in [3.05, 3.63) is 26.7 Å². The zero-order valence-electron chi connectivity index (χ0n) is 8.65. The molecule has 2 nitrogen and oxygen atoms in total. The fraction of sp³-hybridized carbons (Fsp3) is 0.455. The Labute approximate surface area is 92.6 Å². The molecule has 1 unspecified atom stereocenters. The van der Waals surface area contributed by atoms with Gasteiger partial charge in [0, 0.05) is 10.0 Å². The van der Waals surface area contributed by atoms with Crippen LogP contribution in [0.5, 0.6) is 5.75 Å². The van der Waals surface area contributed by atoms with Crippen LogP contribution in [-0.2, 0) is 0 Å². The van der Waals surface area contributed by atoms with Gasteiger partial charge in [0.05, 0.1) is 6.04 Å². The molecule has 76 valence electrons. The molecule has 0 amide bonds. The Hall–Kier alpha value is -0.540. The highest BCUT2D eigenvalue weighted by Gasteiger charge is 2.27. The average molecular weight is 256 g/mol. The summed E-state index contributed by atoms with van der Waals surface area (Å²) in [5, 5.41) is 0. The van der Waals surface area contributed by atoms with Crippen LogP contribution in [0, 0.1) is 20.8 Å². The quantitative estimate of drug-likeness (QED) is 0.774. The van der Waals surface area contributed by atoms with E-state index in [1.165, 1.54) is 22.3 Å². The molecular formula is C11H14BrNO. The lowest BCUT2D eigenvalue weighted by Gasteiger charge is -2.14. The molecule has 0 aromatic heterocycles. The van der Waals surface area contributed by atoms with Gasteiger partial charge in [-0.05, 0) is 37.5 Å². The number of hydrogen-bond acceptors (Lipinski definition) is 2. The maximum absolute atomic E-state index is 5.99. The summed E-state index contributed by atoms with van der Waals surface area (Å²) < 4.78 is 6.77. The van der Waals surface area contributed by atoms with E-state index in [1.54, 1.807) is 0 Å². The van der Waals surface area contributed by atoms with Crippen LogP contribution in [0.4, 0.5) is 0 Å². The molecule has 0 saturated carbocycles. The summed E-state index contributed by atoms with van der Waals surface area (Å²) in [7, 11) is 0. The fourth-order valence-corrected chi connectivity index (χ4v) is 2.51. The second-order valence-corrected chi connectivity index (χ2v) is 4.64. The Kier molecular flexibility index (Phi) is 2.32. The highest BCUT2D eigenvalue weighted by Crippen LogP contribution is 2.42. The van der Waals surface area contributed by atoms with Crippen LogP contribution < -0.4 is 10.5 Å². The van der Waals surface area contributed by atoms with Crippen molar-refractivity contribution in [2.24, 2.45) is 5.73 Å². The average Bonchev–Trinajstić information content (AvgIpc) is 2.54. The van der Waals surface area contributed by atoms with E-state index in [1.807, 2.05) is 0 Å². The van der Waals surface area contributed by atoms with E-state index >= 15 is 0 Å². The minimum atomic E-state index is 0.0283. The molecule has 2 N–H and O–H groups in total. The first kappa shape index (κ1) is 9.99. The summed E-state index contributed by atoms with van der Waals surface area (Å²) >= 11 is 3.60. The van der Waals surface area contributed by atoms with Crippen LogP contribution in [0.1, 0.15) is 28.3 Å². The van der Waals surface area contributed by atoms with Crippen molar-refractivity contribution in [1.82, 2.24) is 0 Å². The van der Waals surface area contributed by atoms with Gasteiger partial charge in [0.15, 0.2) is 0 Å². The van der Waals surface area contributed by atoms with Gasteiger partial charge in [-0.2, -0.15) is 0 Å². The van der Waals surface area contributed by atoms with Gasteiger partial charge in [0.1, 0.15) is 12.4 Å². The standard InChI is InChI=1S/C11H14BrNO/c1-5-6(2)11-9(7(3)10(5)12)8(13)4-14-11/h8H,4,13H2,1-3H3. The lowest BCUT2D eigenvalue weighted by atomic mass is 9.96. The number of hydrogen-bond donors (Lipinski definition) is 1. The van der Waals surface area contributed by atoms with E-state index in [0.29, 0.717) is 6.61 Å². The molecule has 2 rings (SSSR count). The number of ether oxygens (including phenoxy) is 1. The molecule has 0 bridgehead atoms. The largest absolute Gasteiger partial charge is 0.491 e. The SMILES string of the molecule is Cc1c(C)c2c(c(C)c1Br)C(N)CO2. The summed E-state index contributed by atoms with van der Waals surface area (Å²) in [6, 6.07) is 0.0283. The first-order chi connectivity index (χ1) is 6.54. The predicted molar refractivity (Wildman–Crippen MR) is 60.8 cm³/mol. The van der Waals surface area contributed by atoms with Gasteiger partial charge in [-0.15, -0.1) is 0 Å². The van der Waals surface area contributed by atoms with Crippen molar-refractivity contribution in [1.29, 1.82) is 0 Å². The summed E-state index contributed by atoms with van der Waals surface area (Å²) in [5.41, 5.74) is 10.8. The minimum Gasteiger partial charge on any atom is -0.491 e. The van der Waals surface area contributed by atoms with Gasteiger partial charge >= 0.3 is 0 Å². The zero-order chi connectivity index (χ0) is 10.5. The Morgan fingerprint density at radius 3 is 2.50 bits per heavy atom. The molecule has 0 saturated heterocycles. The van der Waals surface area contributed by atoms with Gasteiger partial charge in [0.2, 0.25) is 0 Å². The topological polar surface area (TPSA) is 35.2 Å². The van der Waals surface area contributed by atoms with E-state index in [9.17, 15) is 0 Å². The molecule has 1 atom stereocenters. The second-order valence-electron chi connectivity index (χ2n) is 3.85. The molecule has 14 heavy (non-hydrogen) atoms. The molecule has 0 fully saturated rings. The van der Waals surface area contributed by atoms with Crippen LogP contribution in [0.2, 0.25) is 0 Å². The van der Waals surface area contributed by atoms with E-state index in [0.717, 1.165) is 10.2 Å². The third-order valence-corrected chi connectivity index (χ3v) is 4.18. The number of halogens is 1. The maximum atomic E-state index is 5.99. The van der Waals surface area contributed by atoms with Crippen LogP contribution in [0.3, 0.4) is 0 Å². The van der Waals surface area contributed by atoms with Crippen molar-refractivity contribution in [2.75, 3.05) is 6.61 Å². The summed E-state index contributed by atoms with van der Waals surface area (Å²) in [4.78, 5) is 0. The van der Waals surface area contributed by atoms with E-state index in [2.05, 4.69) is 36.7 Å². The van der Waals surface area contributed by atoms with Gasteiger partial charge in [-0.1, -0.05) is 15.9 Å². The number of benzene rings is 1. The molecule has 1 aliphatic heterocycles. The van der Waals surface area contributed by atoms with Gasteiger partial charge in [0.25, 0.3) is 0 Å². The van der Waals surface area contributed by atoms with Crippen LogP contribution >= 0.6 is 15.9 Å². The highest BCUT2D eigenvalue weighted by atomic mass is 79.9. The highest BCUT2D eigenvalue weighted by molar-refractivity contribution is 9.10. The summed E-state index contributed by atoms with van der Waals surface area (Å²) in [6.07, 6.45) is 0. The molecule has 0 radical (unpaired) electrons. The maximum Gasteiger partial charge on any atom is 0.127 e. The van der Waals surface area contributed by atoms with Crippen molar-refractivity contribution >= 4 is 15.9 Å². The molecule has 1 aromatic carbocycles. The predicted octanol–water partition coefficient (Wildman–Crippen LogP) is 2.77. The normalized spacial score (nSPS) is 19.4. The Morgan fingerprint density at radius 2 is 1.86 bits per heavy atom. The molecule has 3 heteroatoms. The van der Waals surface area contributed by atoms with Gasteiger partial charge in [-0.3, -0.25) is 0 Å². The van der Waals surface area contributed by atoms with E-state index in [-0.39, 0.29) is 6.04 Å². The van der Waals surface area contributed by atoms with Crippen LogP contribution in [0.15, 0.2) is 4.47 Å². The third-order valence-electron chi connectivity index (χ3n) is 2.99.